The Morgan fingerprint density at radius 2 is 1.64 bits per heavy atom. The molecule has 1 saturated heterocycles. The lowest BCUT2D eigenvalue weighted by atomic mass is 9.85. The normalized spacial score (nSPS) is 18.9. The number of sulfonamides is 1. The number of fused-ring (bicyclic) bond motifs is 1. The molecule has 56 heavy (non-hydrogen) atoms. The molecule has 1 unspecified atom stereocenters. The van der Waals surface area contributed by atoms with Gasteiger partial charge in [-0.1, -0.05) is 85.2 Å². The maximum atomic E-state index is 14.6. The summed E-state index contributed by atoms with van der Waals surface area (Å²) in [6.07, 6.45) is 2.11. The van der Waals surface area contributed by atoms with Gasteiger partial charge < -0.3 is 35.8 Å². The Morgan fingerprint density at radius 1 is 1.00 bits per heavy atom. The number of nitrogens with one attached hydrogen (secondary N) is 4. The molecule has 0 aliphatic carbocycles. The van der Waals surface area contributed by atoms with Crippen LogP contribution in [0.25, 0.3) is 0 Å². The van der Waals surface area contributed by atoms with Gasteiger partial charge in [0.25, 0.3) is 5.91 Å². The van der Waals surface area contributed by atoms with Crippen molar-refractivity contribution in [2.75, 3.05) is 39.5 Å². The molecule has 312 valence electrons. The van der Waals surface area contributed by atoms with Crippen LogP contribution in [0.15, 0.2) is 36.9 Å². The number of urea groups is 1. The maximum absolute atomic E-state index is 14.6. The summed E-state index contributed by atoms with van der Waals surface area (Å²) in [5, 5.41) is 10.7. The molecule has 3 rings (SSSR count). The minimum Gasteiger partial charge on any atom is -0.444 e. The Morgan fingerprint density at radius 3 is 2.21 bits per heavy atom. The smallest absolute Gasteiger partial charge is 0.410 e. The number of benzene rings is 1. The van der Waals surface area contributed by atoms with E-state index in [0.717, 1.165) is 21.7 Å². The summed E-state index contributed by atoms with van der Waals surface area (Å²) in [5.41, 5.74) is 0.643. The van der Waals surface area contributed by atoms with Crippen molar-refractivity contribution in [1.29, 1.82) is 0 Å². The first-order valence-electron chi connectivity index (χ1n) is 19.0. The molecule has 4 N–H and O–H groups in total. The van der Waals surface area contributed by atoms with Crippen LogP contribution in [-0.4, -0.2) is 128 Å². The maximum Gasteiger partial charge on any atom is 0.410 e. The van der Waals surface area contributed by atoms with Gasteiger partial charge in [-0.25, -0.2) is 22.3 Å². The van der Waals surface area contributed by atoms with Crippen molar-refractivity contribution >= 4 is 45.7 Å². The Labute approximate surface area is 331 Å². The number of nitrogens with zero attached hydrogens (tertiary/aromatic N) is 3. The Hall–Kier alpha value is -4.51. The van der Waals surface area contributed by atoms with Crippen molar-refractivity contribution in [3.63, 3.8) is 0 Å². The van der Waals surface area contributed by atoms with Crippen LogP contribution in [0.2, 0.25) is 0 Å². The molecule has 1 aromatic carbocycles. The first-order chi connectivity index (χ1) is 26.0. The van der Waals surface area contributed by atoms with Gasteiger partial charge in [0.1, 0.15) is 18.2 Å². The Balaban J connectivity index is 1.91. The second-order valence-electron chi connectivity index (χ2n) is 16.8. The lowest BCUT2D eigenvalue weighted by Gasteiger charge is -2.37. The lowest BCUT2D eigenvalue weighted by Crippen LogP contribution is -2.62. The number of ketones is 1. The molecule has 0 aromatic heterocycles. The minimum absolute atomic E-state index is 0.0306. The van der Waals surface area contributed by atoms with E-state index in [9.17, 15) is 37.2 Å². The molecule has 0 radical (unpaired) electrons. The molecule has 2 aliphatic heterocycles. The third kappa shape index (κ3) is 12.5. The zero-order chi connectivity index (χ0) is 42.2. The summed E-state index contributed by atoms with van der Waals surface area (Å²) in [5.74, 6) is -3.11. The fourth-order valence-electron chi connectivity index (χ4n) is 6.55. The summed E-state index contributed by atoms with van der Waals surface area (Å²) in [4.78, 5) is 84.3. The van der Waals surface area contributed by atoms with Gasteiger partial charge in [0.15, 0.2) is 0 Å². The van der Waals surface area contributed by atoms with Gasteiger partial charge in [-0.2, -0.15) is 0 Å². The van der Waals surface area contributed by atoms with Crippen LogP contribution in [0.3, 0.4) is 0 Å². The molecule has 16 nitrogen and oxygen atoms in total. The second-order valence-corrected chi connectivity index (χ2v) is 18.9. The molecule has 1 aromatic rings. The van der Waals surface area contributed by atoms with E-state index >= 15 is 0 Å². The zero-order valence-corrected chi connectivity index (χ0v) is 35.1. The van der Waals surface area contributed by atoms with E-state index in [-0.39, 0.29) is 32.5 Å². The molecule has 0 bridgehead atoms. The van der Waals surface area contributed by atoms with Crippen LogP contribution < -0.4 is 21.3 Å². The zero-order valence-electron chi connectivity index (χ0n) is 34.3. The van der Waals surface area contributed by atoms with E-state index in [0.29, 0.717) is 25.9 Å². The molecule has 2 aliphatic rings. The number of hydrogen-bond acceptors (Lipinski definition) is 9. The summed E-state index contributed by atoms with van der Waals surface area (Å²) in [6.45, 7) is 16.7. The van der Waals surface area contributed by atoms with Crippen molar-refractivity contribution in [1.82, 2.24) is 35.4 Å². The number of likely N-dealkylation sites (tertiary alicyclic amines) is 1. The van der Waals surface area contributed by atoms with E-state index in [2.05, 4.69) is 27.8 Å². The number of carbonyl (C=O) groups excluding carboxylic acids is 6. The molecular weight excluding hydrogens is 743 g/mol. The van der Waals surface area contributed by atoms with Crippen molar-refractivity contribution in [3.8, 4) is 0 Å². The fourth-order valence-corrected chi connectivity index (χ4v) is 6.97. The van der Waals surface area contributed by atoms with Gasteiger partial charge in [0.05, 0.1) is 18.8 Å². The molecule has 2 heterocycles. The number of amides is 6. The van der Waals surface area contributed by atoms with Crippen LogP contribution in [0, 0.1) is 10.8 Å². The highest BCUT2D eigenvalue weighted by Crippen LogP contribution is 2.29. The standard InChI is InChI=1S/C39H61N7O9S/c1-11-15-28(31(47)34(49)40-19-12-2)41-33(48)29-21-27(55-37(52)45-20-18-25-16-13-14-17-26(25)22-45)23-46(29)35(50)32(39(6,7)8)43-36(51)42-30(38(3,4)5)24-44(9)56(10,53)54/h12-14,16-17,27-30,32H,2,11,15,18-24H2,1,3-10H3,(H,40,49)(H,41,48)(H2,42,43,51)/t27-,28?,29+,30-,32-/m1/s1. The first kappa shape index (κ1) is 45.9. The Kier molecular flexibility index (Phi) is 15.6. The number of Topliss-reactive ketones (excluding diaryl/α,β-unsaturated/α-hetero) is 1. The van der Waals surface area contributed by atoms with Gasteiger partial charge in [-0.3, -0.25) is 19.2 Å². The highest BCUT2D eigenvalue weighted by molar-refractivity contribution is 7.88. The summed E-state index contributed by atoms with van der Waals surface area (Å²) < 4.78 is 31.5. The molecule has 1 fully saturated rings. The summed E-state index contributed by atoms with van der Waals surface area (Å²) in [6, 6.07) is 2.78. The monoisotopic (exact) mass is 803 g/mol. The van der Waals surface area contributed by atoms with Crippen LogP contribution in [-0.2, 0) is 46.9 Å². The van der Waals surface area contributed by atoms with Gasteiger partial charge in [-0.15, -0.1) is 6.58 Å². The topological polar surface area (TPSA) is 204 Å². The molecule has 6 amide bonds. The number of rotatable bonds is 15. The fraction of sp³-hybridized carbons (Fsp3) is 0.641. The van der Waals surface area contributed by atoms with Crippen molar-refractivity contribution in [2.45, 2.75) is 111 Å². The van der Waals surface area contributed by atoms with E-state index in [4.69, 9.17) is 4.74 Å². The molecular formula is C39H61N7O9S. The third-order valence-electron chi connectivity index (χ3n) is 10.1. The van der Waals surface area contributed by atoms with E-state index in [1.165, 1.54) is 18.0 Å². The average Bonchev–Trinajstić information content (AvgIpc) is 3.54. The SMILES string of the molecule is C=CCNC(=O)C(=O)C(CCC)NC(=O)[C@@H]1C[C@@H](OC(=O)N2CCc3ccccc3C2)CN1C(=O)[C@@H](NC(=O)N[C@H](CN(C)S(C)(=O)=O)C(C)(C)C)C(C)(C)C. The second kappa shape index (κ2) is 19.1. The highest BCUT2D eigenvalue weighted by atomic mass is 32.2. The van der Waals surface area contributed by atoms with Crippen LogP contribution in [0.1, 0.15) is 78.9 Å². The van der Waals surface area contributed by atoms with E-state index < -0.39 is 86.8 Å². The number of likely N-dealkylation sites (N-methyl/N-ethyl adjacent to an activating group) is 1. The minimum atomic E-state index is -3.56. The van der Waals surface area contributed by atoms with Crippen molar-refractivity contribution in [3.05, 3.63) is 48.0 Å². The largest absolute Gasteiger partial charge is 0.444 e. The van der Waals surface area contributed by atoms with Crippen LogP contribution in [0.4, 0.5) is 9.59 Å². The molecule has 17 heteroatoms. The number of ether oxygens (including phenoxy) is 1. The Bertz CT molecular complexity index is 1740. The van der Waals surface area contributed by atoms with Gasteiger partial charge >= 0.3 is 12.1 Å². The van der Waals surface area contributed by atoms with Gasteiger partial charge in [0.2, 0.25) is 27.6 Å². The third-order valence-corrected chi connectivity index (χ3v) is 11.4. The lowest BCUT2D eigenvalue weighted by molar-refractivity contribution is -0.143. The van der Waals surface area contributed by atoms with Gasteiger partial charge in [0, 0.05) is 45.7 Å². The van der Waals surface area contributed by atoms with E-state index in [1.54, 1.807) is 32.6 Å². The van der Waals surface area contributed by atoms with Gasteiger partial charge in [-0.05, 0) is 34.8 Å². The summed E-state index contributed by atoms with van der Waals surface area (Å²) in [7, 11) is -2.15. The molecule has 5 atom stereocenters. The van der Waals surface area contributed by atoms with E-state index in [1.807, 2.05) is 45.0 Å². The predicted octanol–water partition coefficient (Wildman–Crippen LogP) is 2.33. The number of carbonyl (C=O) groups is 6. The molecule has 0 spiro atoms. The van der Waals surface area contributed by atoms with Crippen LogP contribution >= 0.6 is 0 Å². The average molecular weight is 804 g/mol. The first-order valence-corrected chi connectivity index (χ1v) is 20.9. The highest BCUT2D eigenvalue weighted by Gasteiger charge is 2.47. The summed E-state index contributed by atoms with van der Waals surface area (Å²) >= 11 is 0. The predicted molar refractivity (Wildman–Crippen MR) is 212 cm³/mol. The molecule has 0 saturated carbocycles. The van der Waals surface area contributed by atoms with Crippen LogP contribution in [0.5, 0.6) is 0 Å². The number of hydrogen-bond donors (Lipinski definition) is 4. The quantitative estimate of drug-likeness (QED) is 0.152. The van der Waals surface area contributed by atoms with Crippen molar-refractivity contribution < 1.29 is 41.9 Å². The van der Waals surface area contributed by atoms with Crippen molar-refractivity contribution in [2.24, 2.45) is 10.8 Å².